The Morgan fingerprint density at radius 3 is 2.23 bits per heavy atom. The highest BCUT2D eigenvalue weighted by Crippen LogP contribution is 1.85. The van der Waals surface area contributed by atoms with E-state index >= 15 is 0 Å². The SMILES string of the molecule is CC(=O)N[C@@H](NC=O)C(=O)N(C)C. The number of amides is 3. The van der Waals surface area contributed by atoms with Crippen LogP contribution in [0.2, 0.25) is 0 Å². The van der Waals surface area contributed by atoms with Crippen molar-refractivity contribution in [1.82, 2.24) is 15.5 Å². The van der Waals surface area contributed by atoms with Gasteiger partial charge in [0.1, 0.15) is 0 Å². The molecule has 0 aliphatic heterocycles. The van der Waals surface area contributed by atoms with Gasteiger partial charge in [0.25, 0.3) is 5.91 Å². The van der Waals surface area contributed by atoms with Crippen molar-refractivity contribution in [1.29, 1.82) is 0 Å². The standard InChI is InChI=1S/C7H13N3O3/c1-5(12)9-6(8-4-11)7(13)10(2)3/h4,6H,1-3H3,(H,8,11)(H,9,12)/t6-/m1/s1. The van der Waals surface area contributed by atoms with Gasteiger partial charge in [0.2, 0.25) is 12.3 Å². The number of hydrogen-bond donors (Lipinski definition) is 2. The van der Waals surface area contributed by atoms with Crippen molar-refractivity contribution >= 4 is 18.2 Å². The zero-order valence-electron chi connectivity index (χ0n) is 7.83. The maximum absolute atomic E-state index is 11.3. The number of rotatable bonds is 4. The molecule has 74 valence electrons. The fraction of sp³-hybridized carbons (Fsp3) is 0.571. The Morgan fingerprint density at radius 2 is 1.92 bits per heavy atom. The molecule has 0 aliphatic rings. The van der Waals surface area contributed by atoms with Crippen LogP contribution in [0.5, 0.6) is 0 Å². The summed E-state index contributed by atoms with van der Waals surface area (Å²) in [6, 6.07) is 0. The van der Waals surface area contributed by atoms with Gasteiger partial charge in [0, 0.05) is 21.0 Å². The minimum absolute atomic E-state index is 0.363. The highest BCUT2D eigenvalue weighted by Gasteiger charge is 2.19. The smallest absolute Gasteiger partial charge is 0.265 e. The van der Waals surface area contributed by atoms with Crippen LogP contribution in [0, 0.1) is 0 Å². The van der Waals surface area contributed by atoms with Crippen LogP contribution in [0.1, 0.15) is 6.92 Å². The molecule has 0 unspecified atom stereocenters. The molecule has 0 bridgehead atoms. The van der Waals surface area contributed by atoms with Gasteiger partial charge >= 0.3 is 0 Å². The summed E-state index contributed by atoms with van der Waals surface area (Å²) in [5.74, 6) is -0.767. The van der Waals surface area contributed by atoms with Crippen LogP contribution in [0.25, 0.3) is 0 Å². The molecular formula is C7H13N3O3. The Balaban J connectivity index is 4.31. The number of carbonyl (C=O) groups excluding carboxylic acids is 3. The summed E-state index contributed by atoms with van der Waals surface area (Å²) in [6.07, 6.45) is -0.618. The van der Waals surface area contributed by atoms with Crippen molar-refractivity contribution in [3.05, 3.63) is 0 Å². The molecule has 3 amide bonds. The molecule has 1 atom stereocenters. The van der Waals surface area contributed by atoms with Crippen LogP contribution in [-0.2, 0) is 14.4 Å². The maximum Gasteiger partial charge on any atom is 0.265 e. The Kier molecular flexibility index (Phi) is 4.50. The Morgan fingerprint density at radius 1 is 1.38 bits per heavy atom. The van der Waals surface area contributed by atoms with Crippen molar-refractivity contribution < 1.29 is 14.4 Å². The van der Waals surface area contributed by atoms with Crippen molar-refractivity contribution in [2.75, 3.05) is 14.1 Å². The first kappa shape index (κ1) is 11.4. The first-order valence-electron chi connectivity index (χ1n) is 3.67. The van der Waals surface area contributed by atoms with Crippen LogP contribution in [0.3, 0.4) is 0 Å². The zero-order valence-corrected chi connectivity index (χ0v) is 7.83. The molecule has 2 N–H and O–H groups in total. The first-order chi connectivity index (χ1) is 5.99. The van der Waals surface area contributed by atoms with Crippen molar-refractivity contribution in [3.8, 4) is 0 Å². The topological polar surface area (TPSA) is 78.5 Å². The van der Waals surface area contributed by atoms with Gasteiger partial charge in [-0.1, -0.05) is 0 Å². The predicted octanol–water partition coefficient (Wildman–Crippen LogP) is -1.72. The second-order valence-electron chi connectivity index (χ2n) is 2.65. The quantitative estimate of drug-likeness (QED) is 0.406. The summed E-state index contributed by atoms with van der Waals surface area (Å²) < 4.78 is 0. The van der Waals surface area contributed by atoms with E-state index in [0.717, 1.165) is 0 Å². The third-order valence-corrected chi connectivity index (χ3v) is 1.27. The lowest BCUT2D eigenvalue weighted by Gasteiger charge is -2.19. The molecule has 0 fully saturated rings. The summed E-state index contributed by atoms with van der Waals surface area (Å²) in [5.41, 5.74) is 0. The van der Waals surface area contributed by atoms with Crippen LogP contribution in [0.4, 0.5) is 0 Å². The van der Waals surface area contributed by atoms with Crippen LogP contribution in [0.15, 0.2) is 0 Å². The van der Waals surface area contributed by atoms with E-state index in [0.29, 0.717) is 6.41 Å². The second kappa shape index (κ2) is 5.13. The van der Waals surface area contributed by atoms with E-state index in [2.05, 4.69) is 10.6 Å². The summed E-state index contributed by atoms with van der Waals surface area (Å²) in [5, 5.41) is 4.48. The van der Waals surface area contributed by atoms with Crippen LogP contribution >= 0.6 is 0 Å². The lowest BCUT2D eigenvalue weighted by Crippen LogP contribution is -2.53. The van der Waals surface area contributed by atoms with Crippen molar-refractivity contribution in [2.24, 2.45) is 0 Å². The molecule has 6 nitrogen and oxygen atoms in total. The molecule has 0 aromatic rings. The van der Waals surface area contributed by atoms with E-state index in [9.17, 15) is 14.4 Å². The molecule has 0 spiro atoms. The Bertz CT molecular complexity index is 215. The average molecular weight is 187 g/mol. The number of carbonyl (C=O) groups is 3. The van der Waals surface area contributed by atoms with Gasteiger partial charge < -0.3 is 15.5 Å². The van der Waals surface area contributed by atoms with Gasteiger partial charge in [0.15, 0.2) is 6.17 Å². The highest BCUT2D eigenvalue weighted by atomic mass is 16.2. The van der Waals surface area contributed by atoms with Gasteiger partial charge in [0.05, 0.1) is 0 Å². The fourth-order valence-corrected chi connectivity index (χ4v) is 0.704. The van der Waals surface area contributed by atoms with Gasteiger partial charge in [-0.25, -0.2) is 0 Å². The van der Waals surface area contributed by atoms with E-state index in [1.54, 1.807) is 0 Å². The average Bonchev–Trinajstić information content (AvgIpc) is 2.01. The normalized spacial score (nSPS) is 11.3. The highest BCUT2D eigenvalue weighted by molar-refractivity contribution is 5.87. The molecule has 0 aromatic heterocycles. The third kappa shape index (κ3) is 4.09. The molecule has 0 saturated carbocycles. The summed E-state index contributed by atoms with van der Waals surface area (Å²) in [6.45, 7) is 1.27. The fourth-order valence-electron chi connectivity index (χ4n) is 0.704. The lowest BCUT2D eigenvalue weighted by molar-refractivity contribution is -0.136. The van der Waals surface area contributed by atoms with E-state index in [1.165, 1.54) is 25.9 Å². The molecule has 0 rings (SSSR count). The molecule has 6 heteroatoms. The lowest BCUT2D eigenvalue weighted by atomic mass is 10.4. The minimum atomic E-state index is -0.981. The molecular weight excluding hydrogens is 174 g/mol. The minimum Gasteiger partial charge on any atom is -0.345 e. The van der Waals surface area contributed by atoms with E-state index in [1.807, 2.05) is 0 Å². The molecule has 0 heterocycles. The summed E-state index contributed by atoms with van der Waals surface area (Å²) in [4.78, 5) is 33.2. The van der Waals surface area contributed by atoms with Crippen molar-refractivity contribution in [3.63, 3.8) is 0 Å². The van der Waals surface area contributed by atoms with E-state index < -0.39 is 6.17 Å². The molecule has 13 heavy (non-hydrogen) atoms. The van der Waals surface area contributed by atoms with Gasteiger partial charge in [-0.15, -0.1) is 0 Å². The monoisotopic (exact) mass is 187 g/mol. The summed E-state index contributed by atoms with van der Waals surface area (Å²) >= 11 is 0. The Labute approximate surface area is 76.3 Å². The molecule has 0 saturated heterocycles. The largest absolute Gasteiger partial charge is 0.345 e. The van der Waals surface area contributed by atoms with E-state index in [4.69, 9.17) is 0 Å². The van der Waals surface area contributed by atoms with Gasteiger partial charge in [-0.3, -0.25) is 14.4 Å². The number of nitrogens with one attached hydrogen (secondary N) is 2. The Hall–Kier alpha value is -1.59. The van der Waals surface area contributed by atoms with Crippen LogP contribution in [-0.4, -0.2) is 43.4 Å². The van der Waals surface area contributed by atoms with Crippen LogP contribution < -0.4 is 10.6 Å². The van der Waals surface area contributed by atoms with E-state index in [-0.39, 0.29) is 11.8 Å². The van der Waals surface area contributed by atoms with Gasteiger partial charge in [-0.2, -0.15) is 0 Å². The molecule has 0 radical (unpaired) electrons. The first-order valence-corrected chi connectivity index (χ1v) is 3.67. The maximum atomic E-state index is 11.3. The third-order valence-electron chi connectivity index (χ3n) is 1.27. The summed E-state index contributed by atoms with van der Waals surface area (Å²) in [7, 11) is 3.06. The second-order valence-corrected chi connectivity index (χ2v) is 2.65. The van der Waals surface area contributed by atoms with Gasteiger partial charge in [-0.05, 0) is 0 Å². The molecule has 0 aliphatic carbocycles. The zero-order chi connectivity index (χ0) is 10.4. The molecule has 0 aromatic carbocycles. The number of nitrogens with zero attached hydrogens (tertiary/aromatic N) is 1. The number of likely N-dealkylation sites (N-methyl/N-ethyl adjacent to an activating group) is 1. The predicted molar refractivity (Wildman–Crippen MR) is 45.5 cm³/mol. The van der Waals surface area contributed by atoms with Crippen molar-refractivity contribution in [2.45, 2.75) is 13.1 Å². The number of hydrogen-bond acceptors (Lipinski definition) is 3.